The van der Waals surface area contributed by atoms with E-state index in [2.05, 4.69) is 10.3 Å². The summed E-state index contributed by atoms with van der Waals surface area (Å²) in [5.74, 6) is 1.46. The van der Waals surface area contributed by atoms with Crippen LogP contribution in [0.3, 0.4) is 0 Å². The maximum atomic E-state index is 12.9. The fourth-order valence-electron chi connectivity index (χ4n) is 6.10. The largest absolute Gasteiger partial charge is 0.511 e. The molecule has 3 N–H and O–H groups in total. The third kappa shape index (κ3) is 10.6. The highest BCUT2D eigenvalue weighted by Gasteiger charge is 2.48. The second-order valence-electron chi connectivity index (χ2n) is 12.9. The number of allylic oxidation sites excluding steroid dienone is 2. The second kappa shape index (κ2) is 18.3. The van der Waals surface area contributed by atoms with Crippen LogP contribution in [0.4, 0.5) is 5.69 Å². The van der Waals surface area contributed by atoms with Crippen molar-refractivity contribution in [1.82, 2.24) is 0 Å². The van der Waals surface area contributed by atoms with E-state index in [9.17, 15) is 24.6 Å². The number of carboxylic acids is 2. The molecular weight excluding hydrogens is 741 g/mol. The van der Waals surface area contributed by atoms with Crippen LogP contribution in [0.1, 0.15) is 65.7 Å². The summed E-state index contributed by atoms with van der Waals surface area (Å²) in [6, 6.07) is 11.6. The Balaban J connectivity index is 0.000000251. The summed E-state index contributed by atoms with van der Waals surface area (Å²) in [5, 5.41) is 39.6. The summed E-state index contributed by atoms with van der Waals surface area (Å²) in [6.07, 6.45) is 4.34. The first kappa shape index (κ1) is 40.3. The minimum absolute atomic E-state index is 0.00872. The fourth-order valence-corrected chi connectivity index (χ4v) is 7.99. The molecule has 0 aromatic heterocycles. The predicted octanol–water partition coefficient (Wildman–Crippen LogP) is 8.70. The van der Waals surface area contributed by atoms with Crippen LogP contribution in [-0.2, 0) is 19.2 Å². The van der Waals surface area contributed by atoms with E-state index in [0.717, 1.165) is 23.6 Å². The molecule has 4 atom stereocenters. The Morgan fingerprint density at radius 2 is 1.80 bits per heavy atom. The van der Waals surface area contributed by atoms with Crippen molar-refractivity contribution in [3.63, 3.8) is 0 Å². The number of carbonyl (C=O) groups is 3. The zero-order valence-corrected chi connectivity index (χ0v) is 31.7. The summed E-state index contributed by atoms with van der Waals surface area (Å²) < 4.78 is 5.80. The van der Waals surface area contributed by atoms with Crippen molar-refractivity contribution in [1.29, 1.82) is 0 Å². The number of carboxylic acid groups (broad SMARTS) is 2. The monoisotopic (exact) mass is 781 g/mol. The summed E-state index contributed by atoms with van der Waals surface area (Å²) in [4.78, 5) is 41.0. The Morgan fingerprint density at radius 3 is 2.39 bits per heavy atom. The first-order valence-electron chi connectivity index (χ1n) is 16.7. The summed E-state index contributed by atoms with van der Waals surface area (Å²) in [6.45, 7) is 5.54. The number of hydrogen-bond acceptors (Lipinski definition) is 10. The van der Waals surface area contributed by atoms with Gasteiger partial charge in [-0.3, -0.25) is 4.79 Å². The molecule has 2 aromatic carbocycles. The molecule has 1 aliphatic carbocycles. The van der Waals surface area contributed by atoms with Crippen LogP contribution in [-0.4, -0.2) is 74.2 Å². The number of rotatable bonds is 12. The van der Waals surface area contributed by atoms with E-state index in [4.69, 9.17) is 49.5 Å². The van der Waals surface area contributed by atoms with Crippen molar-refractivity contribution in [2.24, 2.45) is 22.1 Å². The zero-order chi connectivity index (χ0) is 37.3. The standard InChI is InChI=1S/C24H32ClNO4S.C12H10Cl2N2O4/c1-3-5-21(26-29-14-16(2)30-20-9-7-19(25)8-10-20)24-22(27)12-18(13-23(24)28)17-6-4-11-31-15-17;1-12(11(19)20)5-8(10(17)18)15-16(12)9-3-2-6(13)4-7(9)14/h7-10,16-18,27H,3-6,11-15H2,1-2H3;2-4H,5H2,1H3,(H,17,18)(H,19,20). The van der Waals surface area contributed by atoms with Crippen molar-refractivity contribution in [2.45, 2.75) is 77.4 Å². The number of carbonyl (C=O) groups excluding carboxylic acids is 1. The highest BCUT2D eigenvalue weighted by atomic mass is 35.5. The number of thioether (sulfide) groups is 1. The number of aliphatic hydroxyl groups is 1. The molecule has 0 bridgehead atoms. The zero-order valence-electron chi connectivity index (χ0n) is 28.6. The van der Waals surface area contributed by atoms with Crippen LogP contribution in [0, 0.1) is 11.8 Å². The second-order valence-corrected chi connectivity index (χ2v) is 15.3. The van der Waals surface area contributed by atoms with Crippen LogP contribution in [0.15, 0.2) is 64.1 Å². The molecule has 4 unspecified atom stereocenters. The number of aliphatic carboxylic acids is 2. The molecule has 1 saturated heterocycles. The third-order valence-corrected chi connectivity index (χ3v) is 10.8. The third-order valence-electron chi connectivity index (χ3n) is 8.79. The van der Waals surface area contributed by atoms with Gasteiger partial charge in [-0.05, 0) is 98.9 Å². The van der Waals surface area contributed by atoms with Crippen molar-refractivity contribution in [2.75, 3.05) is 23.1 Å². The smallest absolute Gasteiger partial charge is 0.352 e. The van der Waals surface area contributed by atoms with Gasteiger partial charge in [-0.25, -0.2) is 14.6 Å². The molecule has 3 aliphatic rings. The van der Waals surface area contributed by atoms with E-state index >= 15 is 0 Å². The Morgan fingerprint density at radius 1 is 1.10 bits per heavy atom. The van der Waals surface area contributed by atoms with Gasteiger partial charge in [-0.15, -0.1) is 0 Å². The molecule has 5 rings (SSSR count). The number of ether oxygens (including phenoxy) is 1. The molecule has 11 nitrogen and oxygen atoms in total. The number of oxime groups is 1. The van der Waals surface area contributed by atoms with Gasteiger partial charge in [0, 0.05) is 29.3 Å². The lowest BCUT2D eigenvalue weighted by molar-refractivity contribution is -0.142. The van der Waals surface area contributed by atoms with Gasteiger partial charge in [0.1, 0.15) is 23.3 Å². The van der Waals surface area contributed by atoms with Gasteiger partial charge in [-0.2, -0.15) is 16.9 Å². The van der Waals surface area contributed by atoms with Gasteiger partial charge < -0.3 is 24.9 Å². The number of aliphatic hydroxyl groups excluding tert-OH is 1. The minimum Gasteiger partial charge on any atom is -0.511 e. The molecule has 0 amide bonds. The van der Waals surface area contributed by atoms with Gasteiger partial charge >= 0.3 is 11.9 Å². The highest BCUT2D eigenvalue weighted by molar-refractivity contribution is 7.99. The Bertz CT molecular complexity index is 1680. The number of halogens is 3. The Hall–Kier alpha value is -3.45. The SMILES string of the molecule is CC1(C(=O)O)CC(C(=O)O)=NN1c1ccc(Cl)cc1Cl.CCCC(=NOCC(C)Oc1ccc(Cl)cc1)C1=C(O)CC(C2CCCSC2)CC1=O. The summed E-state index contributed by atoms with van der Waals surface area (Å²) in [5.41, 5.74) is -0.545. The highest BCUT2D eigenvalue weighted by Crippen LogP contribution is 2.39. The lowest BCUT2D eigenvalue weighted by Crippen LogP contribution is -2.47. The lowest BCUT2D eigenvalue weighted by Gasteiger charge is -2.32. The summed E-state index contributed by atoms with van der Waals surface area (Å²) >= 11 is 19.7. The number of anilines is 1. The van der Waals surface area contributed by atoms with E-state index in [1.807, 2.05) is 25.6 Å². The first-order valence-corrected chi connectivity index (χ1v) is 19.0. The molecule has 1 fully saturated rings. The first-order chi connectivity index (χ1) is 24.2. The van der Waals surface area contributed by atoms with E-state index < -0.39 is 17.5 Å². The lowest BCUT2D eigenvalue weighted by atomic mass is 9.76. The molecule has 276 valence electrons. The molecule has 2 aliphatic heterocycles. The number of Topliss-reactive ketones (excluding diaryl/α,β-unsaturated/α-hetero) is 1. The van der Waals surface area contributed by atoms with Crippen LogP contribution in [0.5, 0.6) is 5.75 Å². The maximum Gasteiger partial charge on any atom is 0.352 e. The Labute approximate surface area is 316 Å². The van der Waals surface area contributed by atoms with E-state index in [-0.39, 0.29) is 53.0 Å². The van der Waals surface area contributed by atoms with Gasteiger partial charge in [0.15, 0.2) is 17.9 Å². The van der Waals surface area contributed by atoms with Crippen molar-refractivity contribution in [3.8, 4) is 5.75 Å². The molecule has 0 spiro atoms. The molecular formula is C36H42Cl3N3O8S. The number of benzene rings is 2. The normalized spacial score (nSPS) is 22.9. The molecule has 0 radical (unpaired) electrons. The van der Waals surface area contributed by atoms with E-state index in [1.54, 1.807) is 24.3 Å². The quantitative estimate of drug-likeness (QED) is 0.141. The Kier molecular flexibility index (Phi) is 14.5. The molecule has 15 heteroatoms. The predicted molar refractivity (Wildman–Crippen MR) is 202 cm³/mol. The van der Waals surface area contributed by atoms with Gasteiger partial charge in [-0.1, -0.05) is 53.3 Å². The van der Waals surface area contributed by atoms with Gasteiger partial charge in [0.05, 0.1) is 22.0 Å². The number of hydrogen-bond donors (Lipinski definition) is 3. The molecule has 2 heterocycles. The average molecular weight is 783 g/mol. The molecule has 51 heavy (non-hydrogen) atoms. The topological polar surface area (TPSA) is 158 Å². The van der Waals surface area contributed by atoms with Crippen LogP contribution < -0.4 is 9.75 Å². The van der Waals surface area contributed by atoms with Gasteiger partial charge in [0.25, 0.3) is 0 Å². The van der Waals surface area contributed by atoms with E-state index in [1.165, 1.54) is 37.3 Å². The van der Waals surface area contributed by atoms with Gasteiger partial charge in [0.2, 0.25) is 0 Å². The van der Waals surface area contributed by atoms with Crippen LogP contribution >= 0.6 is 46.6 Å². The van der Waals surface area contributed by atoms with Crippen LogP contribution in [0.25, 0.3) is 0 Å². The summed E-state index contributed by atoms with van der Waals surface area (Å²) in [7, 11) is 0. The number of ketones is 1. The molecule has 2 aromatic rings. The molecule has 0 saturated carbocycles. The average Bonchev–Trinajstić information content (AvgIpc) is 3.45. The maximum absolute atomic E-state index is 12.9. The van der Waals surface area contributed by atoms with E-state index in [0.29, 0.717) is 52.3 Å². The van der Waals surface area contributed by atoms with Crippen molar-refractivity contribution < 1.29 is 39.3 Å². The van der Waals surface area contributed by atoms with Crippen molar-refractivity contribution >= 4 is 81.4 Å². The minimum atomic E-state index is -1.51. The number of nitrogens with zero attached hydrogens (tertiary/aromatic N) is 3. The number of hydrazone groups is 1. The van der Waals surface area contributed by atoms with Crippen molar-refractivity contribution in [3.05, 3.63) is 68.9 Å². The fraction of sp³-hybridized carbons (Fsp3) is 0.472. The van der Waals surface area contributed by atoms with Crippen LogP contribution in [0.2, 0.25) is 15.1 Å².